The van der Waals surface area contributed by atoms with E-state index in [0.717, 1.165) is 31.1 Å². The summed E-state index contributed by atoms with van der Waals surface area (Å²) in [5.41, 5.74) is 2.16. The lowest BCUT2D eigenvalue weighted by molar-refractivity contribution is -0.138. The fraction of sp³-hybridized carbons (Fsp3) is 0.417. The van der Waals surface area contributed by atoms with Crippen LogP contribution >= 0.6 is 11.6 Å². The molecule has 31 heavy (non-hydrogen) atoms. The van der Waals surface area contributed by atoms with Crippen LogP contribution < -0.4 is 0 Å². The molecule has 168 valence electrons. The Bertz CT molecular complexity index is 913. The van der Waals surface area contributed by atoms with Gasteiger partial charge in [-0.05, 0) is 61.9 Å². The van der Waals surface area contributed by atoms with Crippen LogP contribution in [0.3, 0.4) is 0 Å². The molecule has 0 aliphatic carbocycles. The number of aryl methyl sites for hydroxylation is 2. The highest BCUT2D eigenvalue weighted by atomic mass is 35.5. The third-order valence-electron chi connectivity index (χ3n) is 4.73. The standard InChI is InChI=1S/C8H6ClN.C8H8F2.C8H15NO2/c1-6-2-3-7(5-10)8(9)4-6;1-2-6-3-4-7(9)5-8(6)10;1-6-3-4-9(5-6)8(11)7(2)10/h2-4H,1H3;3-5H,2H2,1H3;6-7,10H,3-5H2,1-2H3. The van der Waals surface area contributed by atoms with Gasteiger partial charge in [0.15, 0.2) is 0 Å². The van der Waals surface area contributed by atoms with Gasteiger partial charge in [0.1, 0.15) is 23.8 Å². The van der Waals surface area contributed by atoms with Crippen molar-refractivity contribution in [3.05, 3.63) is 69.7 Å². The normalized spacial score (nSPS) is 15.7. The molecule has 0 spiro atoms. The average molecular weight is 451 g/mol. The van der Waals surface area contributed by atoms with Crippen molar-refractivity contribution in [3.8, 4) is 6.07 Å². The van der Waals surface area contributed by atoms with Crippen LogP contribution in [0.4, 0.5) is 8.78 Å². The summed E-state index contributed by atoms with van der Waals surface area (Å²) in [5, 5.41) is 18.0. The molecule has 1 aliphatic heterocycles. The van der Waals surface area contributed by atoms with Gasteiger partial charge in [-0.1, -0.05) is 37.6 Å². The molecule has 2 aromatic carbocycles. The van der Waals surface area contributed by atoms with Crippen LogP contribution in [0.25, 0.3) is 0 Å². The molecular weight excluding hydrogens is 422 g/mol. The number of amides is 1. The van der Waals surface area contributed by atoms with Gasteiger partial charge in [0.2, 0.25) is 0 Å². The third-order valence-corrected chi connectivity index (χ3v) is 5.05. The van der Waals surface area contributed by atoms with E-state index in [1.54, 1.807) is 17.0 Å². The highest BCUT2D eigenvalue weighted by molar-refractivity contribution is 6.31. The van der Waals surface area contributed by atoms with E-state index in [1.807, 2.05) is 26.0 Å². The van der Waals surface area contributed by atoms with Crippen LogP contribution in [-0.2, 0) is 11.2 Å². The predicted octanol–water partition coefficient (Wildman–Crippen LogP) is 5.28. The molecular formula is C24H29ClF2N2O2. The molecule has 1 heterocycles. The van der Waals surface area contributed by atoms with E-state index < -0.39 is 17.7 Å². The second kappa shape index (κ2) is 13.0. The van der Waals surface area contributed by atoms with Crippen molar-refractivity contribution >= 4 is 17.5 Å². The molecule has 2 aromatic rings. The number of halogens is 3. The number of aliphatic hydroxyl groups is 1. The fourth-order valence-electron chi connectivity index (χ4n) is 2.92. The van der Waals surface area contributed by atoms with Gasteiger partial charge in [0.05, 0.1) is 10.6 Å². The van der Waals surface area contributed by atoms with E-state index in [4.69, 9.17) is 22.0 Å². The molecule has 1 amide bonds. The maximum absolute atomic E-state index is 12.6. The summed E-state index contributed by atoms with van der Waals surface area (Å²) >= 11 is 5.71. The summed E-state index contributed by atoms with van der Waals surface area (Å²) in [6, 6.07) is 11.0. The number of rotatable bonds is 2. The van der Waals surface area contributed by atoms with E-state index in [2.05, 4.69) is 6.92 Å². The summed E-state index contributed by atoms with van der Waals surface area (Å²) in [4.78, 5) is 12.9. The summed E-state index contributed by atoms with van der Waals surface area (Å²) < 4.78 is 24.9. The number of hydrogen-bond acceptors (Lipinski definition) is 3. The van der Waals surface area contributed by atoms with Gasteiger partial charge in [-0.3, -0.25) is 4.79 Å². The van der Waals surface area contributed by atoms with Crippen LogP contribution in [0.1, 0.15) is 43.9 Å². The Balaban J connectivity index is 0.000000233. The number of aliphatic hydroxyl groups excluding tert-OH is 1. The minimum atomic E-state index is -0.833. The van der Waals surface area contributed by atoms with Gasteiger partial charge in [-0.2, -0.15) is 5.26 Å². The van der Waals surface area contributed by atoms with Crippen molar-refractivity contribution in [1.29, 1.82) is 5.26 Å². The molecule has 2 atom stereocenters. The summed E-state index contributed by atoms with van der Waals surface area (Å²) in [7, 11) is 0. The summed E-state index contributed by atoms with van der Waals surface area (Å²) in [6.07, 6.45) is 0.838. The minimum Gasteiger partial charge on any atom is -0.384 e. The molecule has 0 aromatic heterocycles. The van der Waals surface area contributed by atoms with E-state index in [0.29, 0.717) is 28.5 Å². The lowest BCUT2D eigenvalue weighted by atomic mass is 10.1. The summed E-state index contributed by atoms with van der Waals surface area (Å²) in [6.45, 7) is 9.03. The van der Waals surface area contributed by atoms with E-state index in [1.165, 1.54) is 19.1 Å². The Morgan fingerprint density at radius 3 is 2.45 bits per heavy atom. The molecule has 1 aliphatic rings. The highest BCUT2D eigenvalue weighted by Crippen LogP contribution is 2.16. The van der Waals surface area contributed by atoms with Crippen LogP contribution in [0.2, 0.25) is 5.02 Å². The van der Waals surface area contributed by atoms with Crippen molar-refractivity contribution in [3.63, 3.8) is 0 Å². The Hall–Kier alpha value is -2.49. The monoisotopic (exact) mass is 450 g/mol. The van der Waals surface area contributed by atoms with Crippen molar-refractivity contribution in [2.24, 2.45) is 5.92 Å². The molecule has 2 unspecified atom stereocenters. The maximum Gasteiger partial charge on any atom is 0.251 e. The Morgan fingerprint density at radius 2 is 2.00 bits per heavy atom. The number of carbonyl (C=O) groups is 1. The zero-order valence-corrected chi connectivity index (χ0v) is 19.1. The Labute approximate surface area is 188 Å². The SMILES string of the molecule is CC1CCN(C(=O)C(C)O)C1.CCc1ccc(F)cc1F.Cc1ccc(C#N)c(Cl)c1. The second-order valence-electron chi connectivity index (χ2n) is 7.54. The summed E-state index contributed by atoms with van der Waals surface area (Å²) in [5.74, 6) is -0.510. The Kier molecular flexibility index (Phi) is 11.2. The van der Waals surface area contributed by atoms with Crippen molar-refractivity contribution in [1.82, 2.24) is 4.90 Å². The molecule has 0 bridgehead atoms. The largest absolute Gasteiger partial charge is 0.384 e. The van der Waals surface area contributed by atoms with Gasteiger partial charge in [-0.25, -0.2) is 8.78 Å². The third kappa shape index (κ3) is 9.04. The molecule has 4 nitrogen and oxygen atoms in total. The van der Waals surface area contributed by atoms with Gasteiger partial charge < -0.3 is 10.0 Å². The van der Waals surface area contributed by atoms with Gasteiger partial charge in [-0.15, -0.1) is 0 Å². The van der Waals surface area contributed by atoms with Gasteiger partial charge >= 0.3 is 0 Å². The van der Waals surface area contributed by atoms with Crippen molar-refractivity contribution in [2.75, 3.05) is 13.1 Å². The predicted molar refractivity (Wildman–Crippen MR) is 119 cm³/mol. The number of benzene rings is 2. The first-order valence-corrected chi connectivity index (χ1v) is 10.5. The van der Waals surface area contributed by atoms with Crippen molar-refractivity contribution in [2.45, 2.75) is 46.6 Å². The van der Waals surface area contributed by atoms with Crippen LogP contribution in [0.5, 0.6) is 0 Å². The molecule has 0 saturated carbocycles. The van der Waals surface area contributed by atoms with E-state index >= 15 is 0 Å². The number of nitriles is 1. The molecule has 0 radical (unpaired) electrons. The lowest BCUT2D eigenvalue weighted by Gasteiger charge is -2.17. The maximum atomic E-state index is 12.6. The first kappa shape index (κ1) is 26.5. The average Bonchev–Trinajstić information content (AvgIpc) is 3.15. The molecule has 1 fully saturated rings. The highest BCUT2D eigenvalue weighted by Gasteiger charge is 2.25. The Morgan fingerprint density at radius 1 is 1.32 bits per heavy atom. The van der Waals surface area contributed by atoms with E-state index in [9.17, 15) is 13.6 Å². The van der Waals surface area contributed by atoms with E-state index in [-0.39, 0.29) is 5.91 Å². The molecule has 1 saturated heterocycles. The quantitative estimate of drug-likeness (QED) is 0.676. The number of nitrogens with zero attached hydrogens (tertiary/aromatic N) is 2. The van der Waals surface area contributed by atoms with Gasteiger partial charge in [0, 0.05) is 19.2 Å². The number of hydrogen-bond donors (Lipinski definition) is 1. The van der Waals surface area contributed by atoms with Crippen molar-refractivity contribution < 1.29 is 18.7 Å². The van der Waals surface area contributed by atoms with Gasteiger partial charge in [0.25, 0.3) is 5.91 Å². The fourth-order valence-corrected chi connectivity index (χ4v) is 3.20. The zero-order valence-electron chi connectivity index (χ0n) is 18.3. The number of carbonyl (C=O) groups excluding carboxylic acids is 1. The first-order valence-electron chi connectivity index (χ1n) is 10.2. The molecule has 7 heteroatoms. The first-order chi connectivity index (χ1) is 14.6. The molecule has 1 N–H and O–H groups in total. The topological polar surface area (TPSA) is 64.3 Å². The van der Waals surface area contributed by atoms with Crippen LogP contribution in [0.15, 0.2) is 36.4 Å². The van der Waals surface area contributed by atoms with Crippen LogP contribution in [0, 0.1) is 35.8 Å². The minimum absolute atomic E-state index is 0.130. The van der Waals surface area contributed by atoms with Crippen LogP contribution in [-0.4, -0.2) is 35.1 Å². The zero-order chi connectivity index (χ0) is 23.6. The second-order valence-corrected chi connectivity index (χ2v) is 7.95. The smallest absolute Gasteiger partial charge is 0.251 e. The lowest BCUT2D eigenvalue weighted by Crippen LogP contribution is -2.35. The molecule has 3 rings (SSSR count). The number of likely N-dealkylation sites (tertiary alicyclic amines) is 1.